The molecule has 0 spiro atoms. The highest BCUT2D eigenvalue weighted by Gasteiger charge is 2.14. The van der Waals surface area contributed by atoms with Crippen molar-refractivity contribution in [3.63, 3.8) is 0 Å². The fourth-order valence-electron chi connectivity index (χ4n) is 1.86. The Hall–Kier alpha value is -1.74. The van der Waals surface area contributed by atoms with Crippen molar-refractivity contribution in [2.45, 2.75) is 17.5 Å². The lowest BCUT2D eigenvalue weighted by Gasteiger charge is -2.08. The zero-order valence-corrected chi connectivity index (χ0v) is 12.5. The fraction of sp³-hybridized carbons (Fsp3) is 0.250. The van der Waals surface area contributed by atoms with Crippen molar-refractivity contribution in [3.05, 3.63) is 40.0 Å². The van der Waals surface area contributed by atoms with Gasteiger partial charge in [-0.05, 0) is 11.4 Å². The van der Waals surface area contributed by atoms with Crippen molar-refractivity contribution >= 4 is 33.3 Å². The van der Waals surface area contributed by atoms with Gasteiger partial charge in [0.15, 0.2) is 5.16 Å². The first-order valence-electron chi connectivity index (χ1n) is 5.95. The summed E-state index contributed by atoms with van der Waals surface area (Å²) in [5.74, 6) is 0.461. The second kappa shape index (κ2) is 5.57. The van der Waals surface area contributed by atoms with Gasteiger partial charge in [-0.25, -0.2) is 9.97 Å². The summed E-state index contributed by atoms with van der Waals surface area (Å²) in [6.07, 6.45) is 2.56. The van der Waals surface area contributed by atoms with E-state index in [9.17, 15) is 13.6 Å². The molecule has 0 radical (unpaired) electrons. The molecule has 9 heteroatoms. The van der Waals surface area contributed by atoms with E-state index >= 15 is 0 Å². The Balaban J connectivity index is 1.90. The Labute approximate surface area is 126 Å². The molecule has 5 nitrogen and oxygen atoms in total. The normalized spacial score (nSPS) is 11.6. The largest absolute Gasteiger partial charge is 0.319 e. The van der Waals surface area contributed by atoms with Crippen LogP contribution in [0.25, 0.3) is 10.2 Å². The molecular weight excluding hydrogens is 318 g/mol. The van der Waals surface area contributed by atoms with Gasteiger partial charge in [0.25, 0.3) is 5.56 Å². The lowest BCUT2D eigenvalue weighted by molar-refractivity contribution is 0.0678. The molecule has 0 bridgehead atoms. The molecule has 3 heterocycles. The van der Waals surface area contributed by atoms with Crippen molar-refractivity contribution < 1.29 is 8.78 Å². The summed E-state index contributed by atoms with van der Waals surface area (Å²) in [6.45, 7) is -2.63. The first kappa shape index (κ1) is 14.2. The van der Waals surface area contributed by atoms with Crippen LogP contribution in [0.15, 0.2) is 33.8 Å². The van der Waals surface area contributed by atoms with E-state index in [2.05, 4.69) is 9.97 Å². The highest BCUT2D eigenvalue weighted by molar-refractivity contribution is 7.98. The predicted octanol–water partition coefficient (Wildman–Crippen LogP) is 2.88. The topological polar surface area (TPSA) is 52.7 Å². The molecule has 0 aromatic carbocycles. The molecule has 110 valence electrons. The van der Waals surface area contributed by atoms with Crippen LogP contribution in [0.4, 0.5) is 8.78 Å². The maximum Gasteiger partial charge on any atom is 0.319 e. The third kappa shape index (κ3) is 2.58. The van der Waals surface area contributed by atoms with Crippen molar-refractivity contribution in [1.29, 1.82) is 0 Å². The Kier molecular flexibility index (Phi) is 3.77. The fourth-order valence-corrected chi connectivity index (χ4v) is 3.59. The summed E-state index contributed by atoms with van der Waals surface area (Å²) in [4.78, 5) is 20.4. The molecule has 0 saturated carbocycles. The molecule has 0 atom stereocenters. The van der Waals surface area contributed by atoms with E-state index in [-0.39, 0.29) is 17.1 Å². The van der Waals surface area contributed by atoms with Gasteiger partial charge in [0.2, 0.25) is 0 Å². The first-order chi connectivity index (χ1) is 10.1. The molecule has 0 saturated heterocycles. The Morgan fingerprint density at radius 2 is 2.29 bits per heavy atom. The Bertz CT molecular complexity index is 839. The van der Waals surface area contributed by atoms with E-state index in [1.165, 1.54) is 40.1 Å². The number of aromatic nitrogens is 4. The zero-order valence-electron chi connectivity index (χ0n) is 10.9. The van der Waals surface area contributed by atoms with E-state index in [0.29, 0.717) is 15.4 Å². The van der Waals surface area contributed by atoms with Gasteiger partial charge in [-0.1, -0.05) is 11.8 Å². The number of hydrogen-bond donors (Lipinski definition) is 0. The van der Waals surface area contributed by atoms with Gasteiger partial charge in [0.1, 0.15) is 10.5 Å². The maximum atomic E-state index is 12.7. The molecule has 21 heavy (non-hydrogen) atoms. The minimum atomic E-state index is -2.63. The van der Waals surface area contributed by atoms with Crippen LogP contribution in [0.2, 0.25) is 0 Å². The van der Waals surface area contributed by atoms with Crippen LogP contribution in [-0.2, 0) is 12.8 Å². The molecule has 3 aromatic heterocycles. The van der Waals surface area contributed by atoms with Crippen molar-refractivity contribution in [1.82, 2.24) is 19.1 Å². The number of alkyl halides is 2. The third-order valence-electron chi connectivity index (χ3n) is 2.94. The molecular formula is C12H10F2N4OS2. The summed E-state index contributed by atoms with van der Waals surface area (Å²) < 4.78 is 28.3. The molecule has 3 rings (SSSR count). The average Bonchev–Trinajstić information content (AvgIpc) is 3.09. The number of nitrogens with zero attached hydrogens (tertiary/aromatic N) is 4. The number of imidazole rings is 1. The smallest absolute Gasteiger partial charge is 0.290 e. The van der Waals surface area contributed by atoms with Crippen LogP contribution in [0.1, 0.15) is 12.4 Å². The van der Waals surface area contributed by atoms with E-state index in [1.54, 1.807) is 18.5 Å². The van der Waals surface area contributed by atoms with E-state index in [0.717, 1.165) is 4.57 Å². The number of hydrogen-bond acceptors (Lipinski definition) is 5. The monoisotopic (exact) mass is 328 g/mol. The van der Waals surface area contributed by atoms with E-state index < -0.39 is 6.55 Å². The van der Waals surface area contributed by atoms with Crippen molar-refractivity contribution in [3.8, 4) is 0 Å². The molecule has 0 aliphatic carbocycles. The van der Waals surface area contributed by atoms with Gasteiger partial charge >= 0.3 is 6.55 Å². The number of rotatable bonds is 4. The summed E-state index contributed by atoms with van der Waals surface area (Å²) in [6, 6.07) is 1.77. The van der Waals surface area contributed by atoms with Gasteiger partial charge in [-0.3, -0.25) is 13.9 Å². The van der Waals surface area contributed by atoms with Crippen LogP contribution < -0.4 is 5.56 Å². The van der Waals surface area contributed by atoms with E-state index in [1.807, 2.05) is 0 Å². The molecule has 0 aliphatic heterocycles. The van der Waals surface area contributed by atoms with Gasteiger partial charge in [-0.15, -0.1) is 11.3 Å². The molecule has 0 unspecified atom stereocenters. The lowest BCUT2D eigenvalue weighted by atomic mass is 10.5. The van der Waals surface area contributed by atoms with Crippen LogP contribution in [-0.4, -0.2) is 19.1 Å². The first-order valence-corrected chi connectivity index (χ1v) is 7.81. The third-order valence-corrected chi connectivity index (χ3v) is 4.85. The molecule has 0 fully saturated rings. The minimum absolute atomic E-state index is 0.130. The molecule has 3 aromatic rings. The number of thiophene rings is 1. The average molecular weight is 328 g/mol. The van der Waals surface area contributed by atoms with Crippen LogP contribution in [0.3, 0.4) is 0 Å². The molecule has 0 amide bonds. The molecule has 0 aliphatic rings. The van der Waals surface area contributed by atoms with Gasteiger partial charge < -0.3 is 0 Å². The molecule has 0 N–H and O–H groups in total. The summed E-state index contributed by atoms with van der Waals surface area (Å²) in [5.41, 5.74) is 0.498. The van der Waals surface area contributed by atoms with Gasteiger partial charge in [-0.2, -0.15) is 8.78 Å². The Morgan fingerprint density at radius 3 is 3.05 bits per heavy atom. The highest BCUT2D eigenvalue weighted by Crippen LogP contribution is 2.24. The number of halogens is 2. The zero-order chi connectivity index (χ0) is 15.0. The minimum Gasteiger partial charge on any atom is -0.290 e. The second-order valence-electron chi connectivity index (χ2n) is 4.21. The van der Waals surface area contributed by atoms with Crippen LogP contribution in [0.5, 0.6) is 0 Å². The van der Waals surface area contributed by atoms with Gasteiger partial charge in [0.05, 0.1) is 11.3 Å². The van der Waals surface area contributed by atoms with Crippen molar-refractivity contribution in [2.24, 2.45) is 7.05 Å². The lowest BCUT2D eigenvalue weighted by Crippen LogP contribution is -2.19. The Morgan fingerprint density at radius 1 is 1.48 bits per heavy atom. The standard InChI is InChI=1S/C12H10F2N4OS2/c1-17-10(19)9-7(2-5-20-9)16-12(17)21-6-8-15-3-4-18(8)11(13)14/h2-5,11H,6H2,1H3. The maximum absolute atomic E-state index is 12.7. The summed E-state index contributed by atoms with van der Waals surface area (Å²) >= 11 is 2.55. The quantitative estimate of drug-likeness (QED) is 0.546. The highest BCUT2D eigenvalue weighted by atomic mass is 32.2. The van der Waals surface area contributed by atoms with Crippen molar-refractivity contribution in [2.75, 3.05) is 0 Å². The van der Waals surface area contributed by atoms with E-state index in [4.69, 9.17) is 0 Å². The van der Waals surface area contributed by atoms with Crippen LogP contribution >= 0.6 is 23.1 Å². The number of thioether (sulfide) groups is 1. The second-order valence-corrected chi connectivity index (χ2v) is 6.07. The van der Waals surface area contributed by atoms with Crippen LogP contribution in [0, 0.1) is 0 Å². The SMILES string of the molecule is Cn1c(SCc2nccn2C(F)F)nc2ccsc2c1=O. The summed E-state index contributed by atoms with van der Waals surface area (Å²) in [5, 5.41) is 2.28. The summed E-state index contributed by atoms with van der Waals surface area (Å²) in [7, 11) is 1.62. The van der Waals surface area contributed by atoms with Gasteiger partial charge in [0, 0.05) is 19.4 Å². The predicted molar refractivity (Wildman–Crippen MR) is 77.9 cm³/mol. The number of fused-ring (bicyclic) bond motifs is 1.